The summed E-state index contributed by atoms with van der Waals surface area (Å²) in [4.78, 5) is 19.9. The molecular weight excluding hydrogens is 264 g/mol. The summed E-state index contributed by atoms with van der Waals surface area (Å²) in [6, 6.07) is 6.07. The molecular formula is C16H22N4O. The van der Waals surface area contributed by atoms with Gasteiger partial charge in [-0.3, -0.25) is 14.8 Å². The first kappa shape index (κ1) is 15.2. The van der Waals surface area contributed by atoms with E-state index in [0.717, 1.165) is 22.5 Å². The van der Waals surface area contributed by atoms with Gasteiger partial charge in [-0.05, 0) is 37.1 Å². The maximum Gasteiger partial charge on any atom is 0.193 e. The Bertz CT molecular complexity index is 604. The van der Waals surface area contributed by atoms with E-state index in [1.165, 1.54) is 0 Å². The number of benzene rings is 1. The molecule has 0 saturated carbocycles. The number of hydrogen-bond acceptors (Lipinski definition) is 3. The zero-order valence-electron chi connectivity index (χ0n) is 12.8. The lowest BCUT2D eigenvalue weighted by Gasteiger charge is -2.20. The Morgan fingerprint density at radius 3 is 2.90 bits per heavy atom. The molecule has 1 aliphatic heterocycles. The minimum atomic E-state index is 0.177. The summed E-state index contributed by atoms with van der Waals surface area (Å²) in [5.74, 6) is 0.809. The summed E-state index contributed by atoms with van der Waals surface area (Å²) < 4.78 is 0. The van der Waals surface area contributed by atoms with E-state index in [1.807, 2.05) is 32.9 Å². The number of hydrogen-bond donors (Lipinski definition) is 2. The summed E-state index contributed by atoms with van der Waals surface area (Å²) in [6.07, 6.45) is 0.577. The Morgan fingerprint density at radius 2 is 2.29 bits per heavy atom. The van der Waals surface area contributed by atoms with Crippen LogP contribution in [0, 0.1) is 12.8 Å². The van der Waals surface area contributed by atoms with Crippen LogP contribution < -0.4 is 11.1 Å². The van der Waals surface area contributed by atoms with Crippen molar-refractivity contribution in [1.29, 1.82) is 0 Å². The molecule has 3 N–H and O–H groups in total. The fourth-order valence-corrected chi connectivity index (χ4v) is 2.52. The molecule has 1 aliphatic rings. The number of guanidine groups is 1. The molecule has 1 heterocycles. The molecule has 1 unspecified atom stereocenters. The van der Waals surface area contributed by atoms with Crippen LogP contribution in [0.5, 0.6) is 0 Å². The van der Waals surface area contributed by atoms with Gasteiger partial charge >= 0.3 is 0 Å². The highest BCUT2D eigenvalue weighted by atomic mass is 16.1. The summed E-state index contributed by atoms with van der Waals surface area (Å²) >= 11 is 0. The van der Waals surface area contributed by atoms with Crippen LogP contribution in [0.15, 0.2) is 28.2 Å². The van der Waals surface area contributed by atoms with E-state index in [9.17, 15) is 4.79 Å². The third-order valence-corrected chi connectivity index (χ3v) is 3.54. The maximum atomic E-state index is 11.4. The van der Waals surface area contributed by atoms with Gasteiger partial charge in [-0.2, -0.15) is 0 Å². The first-order valence-electron chi connectivity index (χ1n) is 7.25. The number of nitrogens with two attached hydrogens (primary N) is 1. The van der Waals surface area contributed by atoms with Crippen LogP contribution in [0.4, 0.5) is 5.69 Å². The molecule has 0 bridgehead atoms. The number of Topliss-reactive ketones (excluding diaryl/α,β-unsaturated/α-hetero) is 1. The molecule has 5 heteroatoms. The van der Waals surface area contributed by atoms with Crippen molar-refractivity contribution >= 4 is 23.1 Å². The van der Waals surface area contributed by atoms with Crippen molar-refractivity contribution in [1.82, 2.24) is 0 Å². The first-order valence-corrected chi connectivity index (χ1v) is 7.25. The molecule has 0 fully saturated rings. The van der Waals surface area contributed by atoms with Crippen molar-refractivity contribution in [2.45, 2.75) is 27.2 Å². The van der Waals surface area contributed by atoms with Crippen molar-refractivity contribution in [3.8, 4) is 0 Å². The number of nitrogens with zero attached hydrogens (tertiary/aromatic N) is 2. The standard InChI is InChI=1S/C16H22N4O/c1-4-18-16(17)20-14-6-5-12(7-10(14)2)15-11(3)8-13(21)9-19-15/h5-7,11H,4,8-9H2,1-3H3,(H3,17,18,20). The molecule has 5 nitrogen and oxygen atoms in total. The summed E-state index contributed by atoms with van der Waals surface area (Å²) in [5.41, 5.74) is 9.88. The second kappa shape index (κ2) is 6.52. The second-order valence-electron chi connectivity index (χ2n) is 5.36. The van der Waals surface area contributed by atoms with Crippen molar-refractivity contribution in [2.75, 3.05) is 18.4 Å². The van der Waals surface area contributed by atoms with E-state index < -0.39 is 0 Å². The van der Waals surface area contributed by atoms with Gasteiger partial charge in [0.05, 0.1) is 6.54 Å². The number of carbonyl (C=O) groups excluding carboxylic acids is 1. The van der Waals surface area contributed by atoms with Crippen molar-refractivity contribution < 1.29 is 4.79 Å². The maximum absolute atomic E-state index is 11.4. The predicted molar refractivity (Wildman–Crippen MR) is 87.2 cm³/mol. The Hall–Kier alpha value is -2.17. The minimum absolute atomic E-state index is 0.177. The van der Waals surface area contributed by atoms with Crippen LogP contribution >= 0.6 is 0 Å². The SMILES string of the molecule is CCN=C(N)Nc1ccc(C2=NCC(=O)CC2C)cc1C. The number of nitrogens with one attached hydrogen (secondary N) is 1. The van der Waals surface area contributed by atoms with E-state index in [1.54, 1.807) is 0 Å². The van der Waals surface area contributed by atoms with E-state index in [4.69, 9.17) is 5.73 Å². The molecule has 0 radical (unpaired) electrons. The number of aryl methyl sites for hydroxylation is 1. The van der Waals surface area contributed by atoms with Gasteiger partial charge in [-0.25, -0.2) is 0 Å². The molecule has 112 valence electrons. The second-order valence-corrected chi connectivity index (χ2v) is 5.36. The smallest absolute Gasteiger partial charge is 0.193 e. The molecule has 21 heavy (non-hydrogen) atoms. The highest BCUT2D eigenvalue weighted by Crippen LogP contribution is 2.22. The number of ketones is 1. The number of rotatable bonds is 3. The average molecular weight is 286 g/mol. The van der Waals surface area contributed by atoms with Crippen molar-refractivity contribution in [3.05, 3.63) is 29.3 Å². The normalized spacial score (nSPS) is 19.4. The Kier molecular flexibility index (Phi) is 4.73. The number of anilines is 1. The first-order chi connectivity index (χ1) is 10.0. The van der Waals surface area contributed by atoms with Gasteiger partial charge < -0.3 is 11.1 Å². The highest BCUT2D eigenvalue weighted by Gasteiger charge is 2.21. The molecule has 0 aliphatic carbocycles. The number of carbonyl (C=O) groups is 1. The van der Waals surface area contributed by atoms with Crippen LogP contribution in [0.1, 0.15) is 31.4 Å². The quantitative estimate of drug-likeness (QED) is 0.660. The topological polar surface area (TPSA) is 79.8 Å². The lowest BCUT2D eigenvalue weighted by atomic mass is 9.90. The summed E-state index contributed by atoms with van der Waals surface area (Å²) in [5, 5.41) is 3.09. The van der Waals surface area contributed by atoms with Crippen molar-refractivity contribution in [2.24, 2.45) is 21.6 Å². The summed E-state index contributed by atoms with van der Waals surface area (Å²) in [7, 11) is 0. The summed E-state index contributed by atoms with van der Waals surface area (Å²) in [6.45, 7) is 6.95. The number of aliphatic imine (C=N–C) groups is 2. The van der Waals surface area contributed by atoms with Gasteiger partial charge in [0.15, 0.2) is 11.7 Å². The van der Waals surface area contributed by atoms with Gasteiger partial charge in [0.1, 0.15) is 0 Å². The minimum Gasteiger partial charge on any atom is -0.370 e. The molecule has 0 saturated heterocycles. The van der Waals surface area contributed by atoms with Crippen LogP contribution in [-0.2, 0) is 4.79 Å². The molecule has 1 aromatic carbocycles. The highest BCUT2D eigenvalue weighted by molar-refractivity contribution is 6.07. The molecule has 1 atom stereocenters. The fraction of sp³-hybridized carbons (Fsp3) is 0.438. The molecule has 0 spiro atoms. The third kappa shape index (κ3) is 3.68. The Balaban J connectivity index is 2.23. The van der Waals surface area contributed by atoms with E-state index >= 15 is 0 Å². The molecule has 2 rings (SSSR count). The van der Waals surface area contributed by atoms with Gasteiger partial charge in [0, 0.05) is 30.3 Å². The van der Waals surface area contributed by atoms with Crippen LogP contribution in [0.3, 0.4) is 0 Å². The fourth-order valence-electron chi connectivity index (χ4n) is 2.52. The zero-order valence-corrected chi connectivity index (χ0v) is 12.8. The van der Waals surface area contributed by atoms with Gasteiger partial charge in [-0.15, -0.1) is 0 Å². The third-order valence-electron chi connectivity index (χ3n) is 3.54. The van der Waals surface area contributed by atoms with E-state index in [0.29, 0.717) is 25.5 Å². The van der Waals surface area contributed by atoms with Gasteiger partial charge in [0.2, 0.25) is 0 Å². The lowest BCUT2D eigenvalue weighted by Crippen LogP contribution is -2.25. The van der Waals surface area contributed by atoms with Crippen LogP contribution in [0.2, 0.25) is 0 Å². The van der Waals surface area contributed by atoms with E-state index in [-0.39, 0.29) is 11.7 Å². The average Bonchev–Trinajstić information content (AvgIpc) is 2.41. The van der Waals surface area contributed by atoms with Gasteiger partial charge in [0.25, 0.3) is 0 Å². The monoisotopic (exact) mass is 286 g/mol. The largest absolute Gasteiger partial charge is 0.370 e. The van der Waals surface area contributed by atoms with Crippen molar-refractivity contribution in [3.63, 3.8) is 0 Å². The zero-order chi connectivity index (χ0) is 15.4. The predicted octanol–water partition coefficient (Wildman–Crippen LogP) is 2.14. The molecule has 0 aromatic heterocycles. The van der Waals surface area contributed by atoms with E-state index in [2.05, 4.69) is 21.4 Å². The molecule has 1 aromatic rings. The Labute approximate surface area is 125 Å². The van der Waals surface area contributed by atoms with Crippen LogP contribution in [-0.4, -0.2) is 30.5 Å². The molecule has 0 amide bonds. The lowest BCUT2D eigenvalue weighted by molar-refractivity contribution is -0.118. The van der Waals surface area contributed by atoms with Gasteiger partial charge in [-0.1, -0.05) is 13.0 Å². The van der Waals surface area contributed by atoms with Crippen LogP contribution in [0.25, 0.3) is 0 Å². The Morgan fingerprint density at radius 1 is 1.52 bits per heavy atom.